The van der Waals surface area contributed by atoms with Crippen LogP contribution in [0.3, 0.4) is 0 Å². The Morgan fingerprint density at radius 2 is 2.25 bits per heavy atom. The van der Waals surface area contributed by atoms with Gasteiger partial charge in [0, 0.05) is 22.7 Å². The summed E-state index contributed by atoms with van der Waals surface area (Å²) in [5, 5.41) is 15.9. The lowest BCUT2D eigenvalue weighted by atomic mass is 9.94. The molecule has 3 rings (SSSR count). The van der Waals surface area contributed by atoms with Gasteiger partial charge in [-0.15, -0.1) is 11.3 Å². The third kappa shape index (κ3) is 2.38. The van der Waals surface area contributed by atoms with Crippen molar-refractivity contribution in [1.29, 1.82) is 0 Å². The summed E-state index contributed by atoms with van der Waals surface area (Å²) in [5.41, 5.74) is 1.35. The van der Waals surface area contributed by atoms with Crippen LogP contribution in [0.5, 0.6) is 0 Å². The number of hydrogen-bond donors (Lipinski definition) is 1. The summed E-state index contributed by atoms with van der Waals surface area (Å²) in [6, 6.07) is 6.21. The number of fused-ring (bicyclic) bond motifs is 1. The van der Waals surface area contributed by atoms with Gasteiger partial charge in [0.05, 0.1) is 11.0 Å². The SMILES string of the molecule is O=[N+]([O-])c1ccc(NC2CCCc3sccc32)cc1F. The lowest BCUT2D eigenvalue weighted by Crippen LogP contribution is -2.15. The number of rotatable bonds is 3. The molecule has 1 aliphatic rings. The monoisotopic (exact) mass is 292 g/mol. The zero-order valence-corrected chi connectivity index (χ0v) is 11.5. The molecule has 0 fully saturated rings. The van der Waals surface area contributed by atoms with Gasteiger partial charge in [0.25, 0.3) is 0 Å². The molecule has 2 aromatic rings. The highest BCUT2D eigenvalue weighted by Gasteiger charge is 2.22. The summed E-state index contributed by atoms with van der Waals surface area (Å²) < 4.78 is 13.6. The van der Waals surface area contributed by atoms with E-state index in [0.29, 0.717) is 5.69 Å². The fourth-order valence-electron chi connectivity index (χ4n) is 2.58. The second-order valence-corrected chi connectivity index (χ2v) is 5.81. The van der Waals surface area contributed by atoms with Crippen LogP contribution in [0, 0.1) is 15.9 Å². The Morgan fingerprint density at radius 3 is 3.00 bits per heavy atom. The second kappa shape index (κ2) is 5.20. The van der Waals surface area contributed by atoms with Gasteiger partial charge in [-0.3, -0.25) is 10.1 Å². The topological polar surface area (TPSA) is 55.2 Å². The Labute approximate surface area is 119 Å². The summed E-state index contributed by atoms with van der Waals surface area (Å²) in [6.07, 6.45) is 3.18. The summed E-state index contributed by atoms with van der Waals surface area (Å²) in [4.78, 5) is 11.3. The quantitative estimate of drug-likeness (QED) is 0.678. The first-order valence-electron chi connectivity index (χ1n) is 6.42. The molecule has 1 heterocycles. The van der Waals surface area contributed by atoms with E-state index in [1.165, 1.54) is 22.6 Å². The number of aryl methyl sites for hydroxylation is 1. The Bertz CT molecular complexity index is 656. The summed E-state index contributed by atoms with van der Waals surface area (Å²) in [6.45, 7) is 0. The number of nitro benzene ring substituents is 1. The van der Waals surface area contributed by atoms with E-state index in [1.54, 1.807) is 17.4 Å². The van der Waals surface area contributed by atoms with Crippen LogP contribution in [0.2, 0.25) is 0 Å². The number of anilines is 1. The van der Waals surface area contributed by atoms with Gasteiger partial charge in [0.2, 0.25) is 5.82 Å². The van der Waals surface area contributed by atoms with Crippen molar-refractivity contribution in [3.63, 3.8) is 0 Å². The molecule has 0 amide bonds. The number of hydrogen-bond acceptors (Lipinski definition) is 4. The van der Waals surface area contributed by atoms with Crippen molar-refractivity contribution in [3.8, 4) is 0 Å². The molecule has 1 aromatic heterocycles. The van der Waals surface area contributed by atoms with Crippen molar-refractivity contribution in [3.05, 3.63) is 56.0 Å². The van der Waals surface area contributed by atoms with Gasteiger partial charge < -0.3 is 5.32 Å². The zero-order chi connectivity index (χ0) is 14.1. The van der Waals surface area contributed by atoms with Crippen molar-refractivity contribution >= 4 is 22.7 Å². The van der Waals surface area contributed by atoms with Crippen LogP contribution in [0.1, 0.15) is 29.3 Å². The number of nitrogens with zero attached hydrogens (tertiary/aromatic N) is 1. The molecule has 1 aromatic carbocycles. The largest absolute Gasteiger partial charge is 0.378 e. The standard InChI is InChI=1S/C14H13FN2O2S/c15-11-8-9(4-5-13(11)17(18)19)16-12-2-1-3-14-10(12)6-7-20-14/h4-8,12,16H,1-3H2. The first-order valence-corrected chi connectivity index (χ1v) is 7.30. The van der Waals surface area contributed by atoms with Crippen molar-refractivity contribution in [2.24, 2.45) is 0 Å². The van der Waals surface area contributed by atoms with Crippen LogP contribution in [0.15, 0.2) is 29.6 Å². The van der Waals surface area contributed by atoms with Gasteiger partial charge in [-0.1, -0.05) is 0 Å². The minimum Gasteiger partial charge on any atom is -0.378 e. The Morgan fingerprint density at radius 1 is 1.40 bits per heavy atom. The van der Waals surface area contributed by atoms with Crippen molar-refractivity contribution < 1.29 is 9.31 Å². The second-order valence-electron chi connectivity index (χ2n) is 4.81. The molecule has 1 aliphatic carbocycles. The predicted octanol–water partition coefficient (Wildman–Crippen LogP) is 4.28. The summed E-state index contributed by atoms with van der Waals surface area (Å²) in [7, 11) is 0. The minimum absolute atomic E-state index is 0.158. The van der Waals surface area contributed by atoms with Crippen LogP contribution in [0.25, 0.3) is 0 Å². The molecule has 1 N–H and O–H groups in total. The predicted molar refractivity (Wildman–Crippen MR) is 76.7 cm³/mol. The van der Waals surface area contributed by atoms with Gasteiger partial charge >= 0.3 is 5.69 Å². The maximum absolute atomic E-state index is 13.6. The molecular formula is C14H13FN2O2S. The molecule has 104 valence electrons. The maximum Gasteiger partial charge on any atom is 0.304 e. The van der Waals surface area contributed by atoms with E-state index in [9.17, 15) is 14.5 Å². The van der Waals surface area contributed by atoms with Crippen LogP contribution in [-0.2, 0) is 6.42 Å². The molecule has 0 radical (unpaired) electrons. The fourth-order valence-corrected chi connectivity index (χ4v) is 3.57. The van der Waals surface area contributed by atoms with Crippen molar-refractivity contribution in [2.75, 3.05) is 5.32 Å². The van der Waals surface area contributed by atoms with E-state index in [4.69, 9.17) is 0 Å². The first kappa shape index (κ1) is 13.1. The lowest BCUT2D eigenvalue weighted by Gasteiger charge is -2.24. The molecule has 1 unspecified atom stereocenters. The maximum atomic E-state index is 13.6. The van der Waals surface area contributed by atoms with Crippen LogP contribution in [0.4, 0.5) is 15.8 Å². The molecule has 20 heavy (non-hydrogen) atoms. The number of nitro groups is 1. The highest BCUT2D eigenvalue weighted by molar-refractivity contribution is 7.10. The van der Waals surface area contributed by atoms with Gasteiger partial charge in [0.15, 0.2) is 0 Å². The fraction of sp³-hybridized carbons (Fsp3) is 0.286. The third-order valence-electron chi connectivity index (χ3n) is 3.54. The van der Waals surface area contributed by atoms with E-state index in [-0.39, 0.29) is 6.04 Å². The Balaban J connectivity index is 1.83. The molecule has 0 saturated carbocycles. The molecule has 0 bridgehead atoms. The lowest BCUT2D eigenvalue weighted by molar-refractivity contribution is -0.387. The molecular weight excluding hydrogens is 279 g/mol. The van der Waals surface area contributed by atoms with Crippen molar-refractivity contribution in [2.45, 2.75) is 25.3 Å². The van der Waals surface area contributed by atoms with Gasteiger partial charge in [-0.05, 0) is 42.3 Å². The Kier molecular flexibility index (Phi) is 3.40. The van der Waals surface area contributed by atoms with Crippen LogP contribution < -0.4 is 5.32 Å². The average Bonchev–Trinajstić information content (AvgIpc) is 2.87. The highest BCUT2D eigenvalue weighted by Crippen LogP contribution is 2.36. The molecule has 6 heteroatoms. The van der Waals surface area contributed by atoms with Gasteiger partial charge in [-0.25, -0.2) is 0 Å². The zero-order valence-electron chi connectivity index (χ0n) is 10.6. The number of nitrogens with one attached hydrogen (secondary N) is 1. The van der Waals surface area contributed by atoms with Crippen LogP contribution >= 0.6 is 11.3 Å². The first-order chi connectivity index (χ1) is 9.65. The molecule has 4 nitrogen and oxygen atoms in total. The van der Waals surface area contributed by atoms with E-state index < -0.39 is 16.4 Å². The minimum atomic E-state index is -0.804. The normalized spacial score (nSPS) is 17.6. The van der Waals surface area contributed by atoms with E-state index >= 15 is 0 Å². The molecule has 0 aliphatic heterocycles. The van der Waals surface area contributed by atoms with Crippen molar-refractivity contribution in [1.82, 2.24) is 0 Å². The van der Waals surface area contributed by atoms with E-state index in [2.05, 4.69) is 16.8 Å². The molecule has 0 saturated heterocycles. The third-order valence-corrected chi connectivity index (χ3v) is 4.53. The van der Waals surface area contributed by atoms with Gasteiger partial charge in [-0.2, -0.15) is 4.39 Å². The number of benzene rings is 1. The average molecular weight is 292 g/mol. The van der Waals surface area contributed by atoms with Crippen LogP contribution in [-0.4, -0.2) is 4.92 Å². The Hall–Kier alpha value is -1.95. The smallest absolute Gasteiger partial charge is 0.304 e. The summed E-state index contributed by atoms with van der Waals surface area (Å²) in [5.74, 6) is -0.804. The number of thiophene rings is 1. The highest BCUT2D eigenvalue weighted by atomic mass is 32.1. The van der Waals surface area contributed by atoms with E-state index in [0.717, 1.165) is 19.3 Å². The molecule has 0 spiro atoms. The van der Waals surface area contributed by atoms with Gasteiger partial charge in [0.1, 0.15) is 0 Å². The molecule has 1 atom stereocenters. The summed E-state index contributed by atoms with van der Waals surface area (Å²) >= 11 is 1.75. The number of halogens is 1. The van der Waals surface area contributed by atoms with E-state index in [1.807, 2.05) is 0 Å².